The molecule has 3 heterocycles. The summed E-state index contributed by atoms with van der Waals surface area (Å²) in [5, 5.41) is 23.9. The highest BCUT2D eigenvalue weighted by atomic mass is 19.4. The molecule has 0 fully saturated rings. The van der Waals surface area contributed by atoms with Gasteiger partial charge in [-0.1, -0.05) is 23.4 Å². The molecule has 1 aromatic carbocycles. The number of nitrogens with zero attached hydrogens (tertiary/aromatic N) is 6. The lowest BCUT2D eigenvalue weighted by Gasteiger charge is -2.30. The van der Waals surface area contributed by atoms with E-state index in [1.165, 1.54) is 16.8 Å². The van der Waals surface area contributed by atoms with E-state index in [1.807, 2.05) is 11.0 Å². The van der Waals surface area contributed by atoms with Crippen molar-refractivity contribution in [2.45, 2.75) is 39.0 Å². The number of alkyl halides is 3. The van der Waals surface area contributed by atoms with Gasteiger partial charge in [-0.15, -0.1) is 5.10 Å². The van der Waals surface area contributed by atoms with E-state index in [-0.39, 0.29) is 17.7 Å². The van der Waals surface area contributed by atoms with Crippen molar-refractivity contribution in [3.8, 4) is 6.07 Å². The van der Waals surface area contributed by atoms with Gasteiger partial charge in [-0.25, -0.2) is 9.78 Å². The summed E-state index contributed by atoms with van der Waals surface area (Å²) in [6, 6.07) is 6.68. The average molecular weight is 429 g/mol. The van der Waals surface area contributed by atoms with Crippen LogP contribution in [0, 0.1) is 18.3 Å². The number of aromatic nitrogens is 5. The van der Waals surface area contributed by atoms with Crippen LogP contribution >= 0.6 is 0 Å². The first kappa shape index (κ1) is 20.6. The minimum Gasteiger partial charge on any atom is -0.362 e. The van der Waals surface area contributed by atoms with Crippen molar-refractivity contribution in [3.05, 3.63) is 68.4 Å². The molecule has 31 heavy (non-hydrogen) atoms. The van der Waals surface area contributed by atoms with Gasteiger partial charge in [-0.2, -0.15) is 23.5 Å². The molecule has 3 aromatic rings. The van der Waals surface area contributed by atoms with Gasteiger partial charge in [0, 0.05) is 13.0 Å². The maximum atomic E-state index is 13.5. The molecule has 0 radical (unpaired) electrons. The van der Waals surface area contributed by atoms with Crippen molar-refractivity contribution >= 4 is 5.69 Å². The molecule has 1 aliphatic heterocycles. The fraction of sp³-hybridized carbons (Fsp3) is 0.350. The van der Waals surface area contributed by atoms with Crippen LogP contribution in [0.1, 0.15) is 46.7 Å². The number of nitrogens with one attached hydrogen (secondary N) is 1. The third-order valence-corrected chi connectivity index (χ3v) is 5.47. The number of H-pyrrole nitrogens is 1. The highest BCUT2D eigenvalue weighted by Gasteiger charge is 2.36. The second-order valence-corrected chi connectivity index (χ2v) is 7.33. The van der Waals surface area contributed by atoms with Crippen LogP contribution in [-0.4, -0.2) is 31.7 Å². The van der Waals surface area contributed by atoms with E-state index >= 15 is 0 Å². The van der Waals surface area contributed by atoms with Crippen LogP contribution in [0.5, 0.6) is 0 Å². The van der Waals surface area contributed by atoms with Crippen molar-refractivity contribution in [2.24, 2.45) is 0 Å². The molecule has 0 amide bonds. The predicted molar refractivity (Wildman–Crippen MR) is 104 cm³/mol. The van der Waals surface area contributed by atoms with Gasteiger partial charge in [-0.05, 0) is 25.5 Å². The van der Waals surface area contributed by atoms with Gasteiger partial charge in [0.15, 0.2) is 0 Å². The van der Waals surface area contributed by atoms with E-state index in [9.17, 15) is 23.2 Å². The summed E-state index contributed by atoms with van der Waals surface area (Å²) in [5.74, 6) is 0. The van der Waals surface area contributed by atoms with E-state index in [1.54, 1.807) is 19.9 Å². The maximum Gasteiger partial charge on any atom is 0.416 e. The molecular weight excluding hydrogens is 411 g/mol. The molecule has 11 heteroatoms. The number of nitriles is 1. The van der Waals surface area contributed by atoms with Crippen molar-refractivity contribution in [1.82, 2.24) is 25.2 Å². The summed E-state index contributed by atoms with van der Waals surface area (Å²) in [4.78, 5) is 13.8. The minimum absolute atomic E-state index is 0.0317. The summed E-state index contributed by atoms with van der Waals surface area (Å²) in [7, 11) is 0. The Balaban J connectivity index is 1.69. The van der Waals surface area contributed by atoms with Crippen LogP contribution in [0.3, 0.4) is 0 Å². The summed E-state index contributed by atoms with van der Waals surface area (Å²) < 4.78 is 41.9. The molecule has 0 spiro atoms. The highest BCUT2D eigenvalue weighted by Crippen LogP contribution is 2.36. The van der Waals surface area contributed by atoms with E-state index in [4.69, 9.17) is 0 Å². The lowest BCUT2D eigenvalue weighted by atomic mass is 10.00. The molecule has 160 valence electrons. The minimum atomic E-state index is -4.47. The van der Waals surface area contributed by atoms with Crippen LogP contribution in [-0.2, 0) is 19.1 Å². The smallest absolute Gasteiger partial charge is 0.362 e. The zero-order valence-electron chi connectivity index (χ0n) is 16.7. The Labute approximate surface area is 174 Å². The Morgan fingerprint density at radius 3 is 2.74 bits per heavy atom. The van der Waals surface area contributed by atoms with Gasteiger partial charge in [0.25, 0.3) is 5.56 Å². The SMILES string of the molecule is Cc1n[nH]c(=O)c(C#N)c1N1CCc2c(nnn2[C@H](C)c2ccccc2C(F)(F)F)C1. The molecule has 0 saturated carbocycles. The second kappa shape index (κ2) is 7.54. The topological polar surface area (TPSA) is 103 Å². The quantitative estimate of drug-likeness (QED) is 0.687. The Hall–Kier alpha value is -3.68. The van der Waals surface area contributed by atoms with Crippen molar-refractivity contribution in [3.63, 3.8) is 0 Å². The lowest BCUT2D eigenvalue weighted by molar-refractivity contribution is -0.138. The molecule has 0 unspecified atom stereocenters. The molecule has 8 nitrogen and oxygen atoms in total. The first-order valence-electron chi connectivity index (χ1n) is 9.55. The predicted octanol–water partition coefficient (Wildman–Crippen LogP) is 2.73. The average Bonchev–Trinajstić information content (AvgIpc) is 3.17. The van der Waals surface area contributed by atoms with Crippen molar-refractivity contribution in [2.75, 3.05) is 11.4 Å². The maximum absolute atomic E-state index is 13.5. The number of halogens is 3. The fourth-order valence-electron chi connectivity index (χ4n) is 4.00. The first-order valence-corrected chi connectivity index (χ1v) is 9.55. The molecule has 1 aliphatic rings. The molecule has 0 saturated heterocycles. The highest BCUT2D eigenvalue weighted by molar-refractivity contribution is 5.61. The van der Waals surface area contributed by atoms with E-state index in [0.717, 1.165) is 11.8 Å². The van der Waals surface area contributed by atoms with E-state index in [0.29, 0.717) is 30.0 Å². The largest absolute Gasteiger partial charge is 0.416 e. The van der Waals surface area contributed by atoms with Crippen molar-refractivity contribution in [1.29, 1.82) is 5.26 Å². The third-order valence-electron chi connectivity index (χ3n) is 5.47. The monoisotopic (exact) mass is 429 g/mol. The van der Waals surface area contributed by atoms with Crippen molar-refractivity contribution < 1.29 is 13.2 Å². The first-order chi connectivity index (χ1) is 14.7. The van der Waals surface area contributed by atoms with Crippen LogP contribution in [0.25, 0.3) is 0 Å². The standard InChI is InChI=1S/C20H18F3N7O/c1-11-18(14(9-24)19(31)27-25-11)29-8-7-17-16(10-29)26-28-30(17)12(2)13-5-3-4-6-15(13)20(21,22)23/h3-6,12H,7-8,10H2,1-2H3,(H,27,31)/t12-/m1/s1. The van der Waals surface area contributed by atoms with Crippen LogP contribution in [0.15, 0.2) is 29.1 Å². The van der Waals surface area contributed by atoms with Gasteiger partial charge < -0.3 is 4.90 Å². The molecular formula is C20H18F3N7O. The van der Waals surface area contributed by atoms with Gasteiger partial charge in [0.05, 0.1) is 35.2 Å². The molecule has 1 atom stereocenters. The zero-order chi connectivity index (χ0) is 22.3. The van der Waals surface area contributed by atoms with Crippen LogP contribution in [0.2, 0.25) is 0 Å². The number of fused-ring (bicyclic) bond motifs is 1. The number of rotatable bonds is 3. The van der Waals surface area contributed by atoms with E-state index < -0.39 is 23.3 Å². The molecule has 4 rings (SSSR count). The Kier molecular flexibility index (Phi) is 5.00. The van der Waals surface area contributed by atoms with Crippen LogP contribution < -0.4 is 10.5 Å². The Morgan fingerprint density at radius 2 is 2.03 bits per heavy atom. The number of hydrogen-bond donors (Lipinski definition) is 1. The van der Waals surface area contributed by atoms with Gasteiger partial charge >= 0.3 is 6.18 Å². The number of benzene rings is 1. The summed E-state index contributed by atoms with van der Waals surface area (Å²) in [6.07, 6.45) is -4.03. The Bertz CT molecular complexity index is 1240. The summed E-state index contributed by atoms with van der Waals surface area (Å²) in [5.41, 5.74) is 1.06. The third kappa shape index (κ3) is 3.54. The molecule has 2 aromatic heterocycles. The Morgan fingerprint density at radius 1 is 1.29 bits per heavy atom. The van der Waals surface area contributed by atoms with Gasteiger partial charge in [-0.3, -0.25) is 4.79 Å². The lowest BCUT2D eigenvalue weighted by Crippen LogP contribution is -2.34. The molecule has 1 N–H and O–H groups in total. The molecule has 0 bridgehead atoms. The van der Waals surface area contributed by atoms with Gasteiger partial charge in [0.2, 0.25) is 0 Å². The summed E-state index contributed by atoms with van der Waals surface area (Å²) in [6.45, 7) is 4.05. The van der Waals surface area contributed by atoms with E-state index in [2.05, 4.69) is 20.5 Å². The van der Waals surface area contributed by atoms with Gasteiger partial charge in [0.1, 0.15) is 17.3 Å². The fourth-order valence-corrected chi connectivity index (χ4v) is 4.00. The number of anilines is 1. The number of aryl methyl sites for hydroxylation is 1. The number of hydrogen-bond acceptors (Lipinski definition) is 6. The van der Waals surface area contributed by atoms with Crippen LogP contribution in [0.4, 0.5) is 18.9 Å². The zero-order valence-corrected chi connectivity index (χ0v) is 16.7. The number of aromatic amines is 1. The normalized spacial score (nSPS) is 14.8. The second-order valence-electron chi connectivity index (χ2n) is 7.33. The molecule has 0 aliphatic carbocycles. The summed E-state index contributed by atoms with van der Waals surface area (Å²) >= 11 is 0.